The van der Waals surface area contributed by atoms with Crippen LogP contribution in [0.25, 0.3) is 6.08 Å². The molecule has 122 valence electrons. The van der Waals surface area contributed by atoms with E-state index in [-0.39, 0.29) is 24.4 Å². The van der Waals surface area contributed by atoms with Gasteiger partial charge < -0.3 is 9.47 Å². The SMILES string of the molecule is CCOC(=O)C1=C(/C=C/c2ccccc2)OC(=O)[C@H](C)[C@H]1CC. The molecule has 1 aromatic carbocycles. The minimum atomic E-state index is -0.411. The molecule has 0 amide bonds. The average Bonchev–Trinajstić information content (AvgIpc) is 2.56. The number of hydrogen-bond donors (Lipinski definition) is 0. The van der Waals surface area contributed by atoms with Crippen LogP contribution >= 0.6 is 0 Å². The van der Waals surface area contributed by atoms with Crippen molar-refractivity contribution in [3.8, 4) is 0 Å². The molecule has 4 heteroatoms. The molecule has 0 spiro atoms. The Labute approximate surface area is 136 Å². The summed E-state index contributed by atoms with van der Waals surface area (Å²) in [6.45, 7) is 5.79. The highest BCUT2D eigenvalue weighted by Crippen LogP contribution is 2.34. The molecule has 0 radical (unpaired) electrons. The normalized spacial score (nSPS) is 21.4. The zero-order valence-corrected chi connectivity index (χ0v) is 13.7. The summed E-state index contributed by atoms with van der Waals surface area (Å²) in [5.74, 6) is -0.967. The molecule has 1 aliphatic heterocycles. The van der Waals surface area contributed by atoms with E-state index < -0.39 is 5.97 Å². The molecule has 0 N–H and O–H groups in total. The number of ether oxygens (including phenoxy) is 2. The molecular weight excluding hydrogens is 292 g/mol. The van der Waals surface area contributed by atoms with Crippen LogP contribution in [0.15, 0.2) is 47.7 Å². The molecule has 2 rings (SSSR count). The molecule has 0 saturated heterocycles. The quantitative estimate of drug-likeness (QED) is 0.777. The molecule has 0 bridgehead atoms. The number of cyclic esters (lactones) is 1. The van der Waals surface area contributed by atoms with Crippen molar-refractivity contribution in [2.24, 2.45) is 11.8 Å². The summed E-state index contributed by atoms with van der Waals surface area (Å²) in [4.78, 5) is 24.4. The zero-order valence-electron chi connectivity index (χ0n) is 13.7. The second-order valence-electron chi connectivity index (χ2n) is 5.47. The summed E-state index contributed by atoms with van der Waals surface area (Å²) in [6, 6.07) is 9.64. The van der Waals surface area contributed by atoms with Crippen molar-refractivity contribution in [2.75, 3.05) is 6.61 Å². The summed E-state index contributed by atoms with van der Waals surface area (Å²) >= 11 is 0. The fourth-order valence-electron chi connectivity index (χ4n) is 2.73. The van der Waals surface area contributed by atoms with Crippen LogP contribution in [0.5, 0.6) is 0 Å². The lowest BCUT2D eigenvalue weighted by atomic mass is 9.82. The minimum Gasteiger partial charge on any atom is -0.463 e. The molecule has 23 heavy (non-hydrogen) atoms. The van der Waals surface area contributed by atoms with Gasteiger partial charge in [-0.1, -0.05) is 50.3 Å². The van der Waals surface area contributed by atoms with E-state index in [2.05, 4.69) is 0 Å². The van der Waals surface area contributed by atoms with Crippen molar-refractivity contribution in [2.45, 2.75) is 27.2 Å². The van der Waals surface area contributed by atoms with Crippen LogP contribution in [0.4, 0.5) is 0 Å². The van der Waals surface area contributed by atoms with Crippen molar-refractivity contribution in [3.63, 3.8) is 0 Å². The van der Waals surface area contributed by atoms with Gasteiger partial charge in [-0.3, -0.25) is 4.79 Å². The Bertz CT molecular complexity index is 628. The van der Waals surface area contributed by atoms with Gasteiger partial charge in [0.15, 0.2) is 0 Å². The Morgan fingerprint density at radius 1 is 1.22 bits per heavy atom. The summed E-state index contributed by atoms with van der Waals surface area (Å²) in [7, 11) is 0. The first-order valence-corrected chi connectivity index (χ1v) is 7.94. The number of esters is 2. The first-order chi connectivity index (χ1) is 11.1. The first kappa shape index (κ1) is 17.0. The molecule has 0 aliphatic carbocycles. The fraction of sp³-hybridized carbons (Fsp3) is 0.368. The second kappa shape index (κ2) is 7.77. The van der Waals surface area contributed by atoms with E-state index in [0.29, 0.717) is 17.8 Å². The van der Waals surface area contributed by atoms with Crippen LogP contribution in [0, 0.1) is 11.8 Å². The number of allylic oxidation sites excluding steroid dienone is 1. The van der Waals surface area contributed by atoms with E-state index >= 15 is 0 Å². The fourth-order valence-corrected chi connectivity index (χ4v) is 2.73. The predicted molar refractivity (Wildman–Crippen MR) is 88.2 cm³/mol. The molecule has 1 heterocycles. The highest BCUT2D eigenvalue weighted by molar-refractivity contribution is 5.93. The minimum absolute atomic E-state index is 0.189. The third-order valence-electron chi connectivity index (χ3n) is 3.98. The lowest BCUT2D eigenvalue weighted by Gasteiger charge is -2.29. The number of benzene rings is 1. The van der Waals surface area contributed by atoms with Crippen LogP contribution < -0.4 is 0 Å². The smallest absolute Gasteiger partial charge is 0.338 e. The summed E-state index contributed by atoms with van der Waals surface area (Å²) in [5, 5.41) is 0. The maximum absolute atomic E-state index is 12.3. The Balaban J connectivity index is 2.42. The van der Waals surface area contributed by atoms with E-state index in [0.717, 1.165) is 5.56 Å². The molecule has 0 saturated carbocycles. The first-order valence-electron chi connectivity index (χ1n) is 7.94. The van der Waals surface area contributed by atoms with Crippen molar-refractivity contribution in [1.29, 1.82) is 0 Å². The molecule has 0 aromatic heterocycles. The Morgan fingerprint density at radius 3 is 2.52 bits per heavy atom. The van der Waals surface area contributed by atoms with Gasteiger partial charge in [-0.2, -0.15) is 0 Å². The van der Waals surface area contributed by atoms with E-state index in [1.54, 1.807) is 19.9 Å². The van der Waals surface area contributed by atoms with E-state index in [1.165, 1.54) is 0 Å². The molecule has 1 aromatic rings. The maximum atomic E-state index is 12.3. The lowest BCUT2D eigenvalue weighted by Crippen LogP contribution is -2.33. The van der Waals surface area contributed by atoms with Gasteiger partial charge in [-0.15, -0.1) is 0 Å². The number of hydrogen-bond acceptors (Lipinski definition) is 4. The Kier molecular flexibility index (Phi) is 5.74. The Morgan fingerprint density at radius 2 is 1.91 bits per heavy atom. The van der Waals surface area contributed by atoms with Crippen molar-refractivity contribution < 1.29 is 19.1 Å². The monoisotopic (exact) mass is 314 g/mol. The van der Waals surface area contributed by atoms with E-state index in [1.807, 2.05) is 43.3 Å². The van der Waals surface area contributed by atoms with Crippen LogP contribution in [-0.4, -0.2) is 18.5 Å². The van der Waals surface area contributed by atoms with Gasteiger partial charge in [0.25, 0.3) is 0 Å². The third kappa shape index (κ3) is 3.89. The van der Waals surface area contributed by atoms with Crippen molar-refractivity contribution in [1.82, 2.24) is 0 Å². The van der Waals surface area contributed by atoms with Gasteiger partial charge in [0.2, 0.25) is 0 Å². The number of carbonyl (C=O) groups is 2. The summed E-state index contributed by atoms with van der Waals surface area (Å²) < 4.78 is 10.5. The molecule has 0 fully saturated rings. The highest BCUT2D eigenvalue weighted by Gasteiger charge is 2.38. The van der Waals surface area contributed by atoms with Gasteiger partial charge in [-0.25, -0.2) is 4.79 Å². The number of rotatable bonds is 5. The van der Waals surface area contributed by atoms with Gasteiger partial charge in [0.05, 0.1) is 18.1 Å². The van der Waals surface area contributed by atoms with Crippen molar-refractivity contribution in [3.05, 3.63) is 53.3 Å². The molecule has 4 nitrogen and oxygen atoms in total. The zero-order chi connectivity index (χ0) is 16.8. The maximum Gasteiger partial charge on any atom is 0.338 e. The highest BCUT2D eigenvalue weighted by atomic mass is 16.5. The van der Waals surface area contributed by atoms with Crippen molar-refractivity contribution >= 4 is 18.0 Å². The van der Waals surface area contributed by atoms with Crippen LogP contribution in [0.1, 0.15) is 32.8 Å². The van der Waals surface area contributed by atoms with Gasteiger partial charge in [0, 0.05) is 5.92 Å². The number of carbonyl (C=O) groups excluding carboxylic acids is 2. The largest absolute Gasteiger partial charge is 0.463 e. The summed E-state index contributed by atoms with van der Waals surface area (Å²) in [6.07, 6.45) is 4.17. The second-order valence-corrected chi connectivity index (χ2v) is 5.47. The molecule has 0 unspecified atom stereocenters. The molecule has 2 atom stereocenters. The van der Waals surface area contributed by atoms with Gasteiger partial charge in [0.1, 0.15) is 5.76 Å². The van der Waals surface area contributed by atoms with Crippen LogP contribution in [-0.2, 0) is 19.1 Å². The van der Waals surface area contributed by atoms with Crippen LogP contribution in [0.3, 0.4) is 0 Å². The predicted octanol–water partition coefficient (Wildman–Crippen LogP) is 3.74. The van der Waals surface area contributed by atoms with E-state index in [4.69, 9.17) is 9.47 Å². The Hall–Kier alpha value is -2.36. The van der Waals surface area contributed by atoms with Gasteiger partial charge >= 0.3 is 11.9 Å². The van der Waals surface area contributed by atoms with Gasteiger partial charge in [-0.05, 0) is 25.0 Å². The van der Waals surface area contributed by atoms with E-state index in [9.17, 15) is 9.59 Å². The average molecular weight is 314 g/mol. The molecular formula is C19H22O4. The topological polar surface area (TPSA) is 52.6 Å². The van der Waals surface area contributed by atoms with Crippen LogP contribution in [0.2, 0.25) is 0 Å². The standard InChI is InChI=1S/C19H22O4/c1-4-15-13(3)18(20)23-16(17(15)19(21)22-5-2)12-11-14-9-7-6-8-10-14/h6-13,15H,4-5H2,1-3H3/b12-11+/t13-,15-/m1/s1. The lowest BCUT2D eigenvalue weighted by molar-refractivity contribution is -0.149. The summed E-state index contributed by atoms with van der Waals surface area (Å²) in [5.41, 5.74) is 1.42. The third-order valence-corrected chi connectivity index (χ3v) is 3.98. The molecule has 1 aliphatic rings.